The average Bonchev–Trinajstić information content (AvgIpc) is 2.36. The predicted molar refractivity (Wildman–Crippen MR) is 98.2 cm³/mol. The first-order valence-corrected chi connectivity index (χ1v) is 8.13. The van der Waals surface area contributed by atoms with E-state index in [0.717, 1.165) is 19.0 Å². The highest BCUT2D eigenvalue weighted by molar-refractivity contribution is 14.1. The molecule has 0 spiro atoms. The fourth-order valence-corrected chi connectivity index (χ4v) is 3.89. The van der Waals surface area contributed by atoms with E-state index in [1.54, 1.807) is 5.56 Å². The van der Waals surface area contributed by atoms with Crippen molar-refractivity contribution in [3.05, 3.63) is 33.4 Å². The fourth-order valence-electron chi connectivity index (χ4n) is 3.18. The van der Waals surface area contributed by atoms with Crippen molar-refractivity contribution < 1.29 is 0 Å². The monoisotopic (exact) mass is 428 g/mol. The summed E-state index contributed by atoms with van der Waals surface area (Å²) in [6.07, 6.45) is 4.26. The number of halogens is 3. The van der Waals surface area contributed by atoms with E-state index in [1.807, 2.05) is 0 Å². The Bertz CT molecular complexity index is 407. The van der Waals surface area contributed by atoms with E-state index in [1.165, 1.54) is 35.9 Å². The molecule has 1 atom stereocenters. The van der Waals surface area contributed by atoms with Gasteiger partial charge in [0.15, 0.2) is 0 Å². The molecule has 0 bridgehead atoms. The van der Waals surface area contributed by atoms with Gasteiger partial charge in [0.25, 0.3) is 0 Å². The summed E-state index contributed by atoms with van der Waals surface area (Å²) in [5, 5.41) is 3.47. The van der Waals surface area contributed by atoms with Crippen molar-refractivity contribution in [2.24, 2.45) is 5.92 Å². The molecule has 1 saturated carbocycles. The smallest absolute Gasteiger partial charge is 0.0387 e. The zero-order valence-corrected chi connectivity index (χ0v) is 15.3. The summed E-state index contributed by atoms with van der Waals surface area (Å²) in [6.45, 7) is 4.69. The van der Waals surface area contributed by atoms with E-state index in [2.05, 4.69) is 57.1 Å². The van der Waals surface area contributed by atoms with Crippen LogP contribution in [0.25, 0.3) is 0 Å². The van der Waals surface area contributed by atoms with E-state index in [9.17, 15) is 0 Å². The normalized spacial score (nSPS) is 21.2. The number of hydrogen-bond donors (Lipinski definition) is 1. The molecule has 1 aliphatic heterocycles. The van der Waals surface area contributed by atoms with E-state index in [4.69, 9.17) is 0 Å². The van der Waals surface area contributed by atoms with Crippen molar-refractivity contribution in [1.29, 1.82) is 0 Å². The van der Waals surface area contributed by atoms with Crippen molar-refractivity contribution in [1.82, 2.24) is 10.2 Å². The van der Waals surface area contributed by atoms with Crippen LogP contribution in [-0.2, 0) is 0 Å². The first-order chi connectivity index (χ1) is 8.86. The van der Waals surface area contributed by atoms with Gasteiger partial charge in [-0.1, -0.05) is 24.6 Å². The van der Waals surface area contributed by atoms with Crippen molar-refractivity contribution in [2.75, 3.05) is 26.2 Å². The molecule has 1 aromatic rings. The molecule has 2 fully saturated rings. The SMILES string of the molecule is Cl.Cl.Ic1ccccc1[C@@H](C1CCC1)N1CCNCC1. The van der Waals surface area contributed by atoms with E-state index >= 15 is 0 Å². The minimum Gasteiger partial charge on any atom is -0.314 e. The highest BCUT2D eigenvalue weighted by atomic mass is 127. The minimum atomic E-state index is 0. The van der Waals surface area contributed by atoms with Crippen molar-refractivity contribution in [3.8, 4) is 0 Å². The van der Waals surface area contributed by atoms with Gasteiger partial charge in [0.1, 0.15) is 0 Å². The molecule has 20 heavy (non-hydrogen) atoms. The number of rotatable bonds is 3. The molecule has 0 aromatic heterocycles. The second-order valence-electron chi connectivity index (χ2n) is 5.44. The summed E-state index contributed by atoms with van der Waals surface area (Å²) in [4.78, 5) is 2.71. The van der Waals surface area contributed by atoms with E-state index < -0.39 is 0 Å². The highest BCUT2D eigenvalue weighted by Crippen LogP contribution is 2.42. The van der Waals surface area contributed by atoms with Gasteiger partial charge in [0.05, 0.1) is 0 Å². The molecular formula is C15H23Cl2IN2. The predicted octanol–water partition coefficient (Wildman–Crippen LogP) is 3.88. The number of nitrogens with one attached hydrogen (secondary N) is 1. The summed E-state index contributed by atoms with van der Waals surface area (Å²) in [7, 11) is 0. The lowest BCUT2D eigenvalue weighted by atomic mass is 9.76. The second kappa shape index (κ2) is 8.79. The van der Waals surface area contributed by atoms with Crippen molar-refractivity contribution in [3.63, 3.8) is 0 Å². The topological polar surface area (TPSA) is 15.3 Å². The first kappa shape index (κ1) is 18.5. The third-order valence-corrected chi connectivity index (χ3v) is 5.35. The third kappa shape index (κ3) is 4.01. The van der Waals surface area contributed by atoms with Crippen LogP contribution >= 0.6 is 47.4 Å². The maximum absolute atomic E-state index is 3.47. The van der Waals surface area contributed by atoms with Gasteiger partial charge >= 0.3 is 0 Å². The first-order valence-electron chi connectivity index (χ1n) is 7.05. The van der Waals surface area contributed by atoms with Gasteiger partial charge in [-0.05, 0) is 53.0 Å². The minimum absolute atomic E-state index is 0. The lowest BCUT2D eigenvalue weighted by Gasteiger charge is -2.43. The molecular weight excluding hydrogens is 406 g/mol. The van der Waals surface area contributed by atoms with Gasteiger partial charge in [-0.25, -0.2) is 0 Å². The molecule has 1 saturated heterocycles. The molecule has 1 heterocycles. The Labute approximate surface area is 148 Å². The molecule has 2 aliphatic rings. The molecule has 1 aromatic carbocycles. The molecule has 5 heteroatoms. The summed E-state index contributed by atoms with van der Waals surface area (Å²) in [6, 6.07) is 9.61. The second-order valence-corrected chi connectivity index (χ2v) is 6.61. The fraction of sp³-hybridized carbons (Fsp3) is 0.600. The van der Waals surface area contributed by atoms with Crippen LogP contribution in [0.4, 0.5) is 0 Å². The Hall–Kier alpha value is 0.450. The third-order valence-electron chi connectivity index (χ3n) is 4.37. The van der Waals surface area contributed by atoms with Gasteiger partial charge in [-0.2, -0.15) is 0 Å². The highest BCUT2D eigenvalue weighted by Gasteiger charge is 2.34. The Morgan fingerprint density at radius 3 is 2.30 bits per heavy atom. The Kier molecular flexibility index (Phi) is 8.13. The molecule has 0 unspecified atom stereocenters. The molecule has 3 rings (SSSR count). The molecule has 114 valence electrons. The Balaban J connectivity index is 0.000001000. The lowest BCUT2D eigenvalue weighted by molar-refractivity contribution is 0.0832. The van der Waals surface area contributed by atoms with Gasteiger partial charge in [-0.3, -0.25) is 4.90 Å². The molecule has 1 N–H and O–H groups in total. The largest absolute Gasteiger partial charge is 0.314 e. The number of benzene rings is 1. The Morgan fingerprint density at radius 1 is 1.10 bits per heavy atom. The van der Waals surface area contributed by atoms with Crippen LogP contribution in [0.2, 0.25) is 0 Å². The van der Waals surface area contributed by atoms with Crippen LogP contribution in [-0.4, -0.2) is 31.1 Å². The summed E-state index contributed by atoms with van der Waals surface area (Å²) in [5.41, 5.74) is 1.56. The van der Waals surface area contributed by atoms with Gasteiger partial charge in [0.2, 0.25) is 0 Å². The lowest BCUT2D eigenvalue weighted by Crippen LogP contribution is -2.48. The zero-order chi connectivity index (χ0) is 12.4. The Morgan fingerprint density at radius 2 is 1.75 bits per heavy atom. The summed E-state index contributed by atoms with van der Waals surface area (Å²) >= 11 is 2.50. The van der Waals surface area contributed by atoms with E-state index in [0.29, 0.717) is 6.04 Å². The van der Waals surface area contributed by atoms with Crippen LogP contribution < -0.4 is 5.32 Å². The molecule has 2 nitrogen and oxygen atoms in total. The van der Waals surface area contributed by atoms with Gasteiger partial charge < -0.3 is 5.32 Å². The number of piperazine rings is 1. The number of hydrogen-bond acceptors (Lipinski definition) is 2. The molecule has 0 amide bonds. The van der Waals surface area contributed by atoms with Crippen molar-refractivity contribution in [2.45, 2.75) is 25.3 Å². The van der Waals surface area contributed by atoms with Crippen LogP contribution in [0.1, 0.15) is 30.9 Å². The molecule has 0 radical (unpaired) electrons. The number of nitrogens with zero attached hydrogens (tertiary/aromatic N) is 1. The zero-order valence-electron chi connectivity index (χ0n) is 11.6. The maximum atomic E-state index is 3.47. The van der Waals surface area contributed by atoms with Crippen LogP contribution in [0, 0.1) is 9.49 Å². The summed E-state index contributed by atoms with van der Waals surface area (Å²) in [5.74, 6) is 0.888. The van der Waals surface area contributed by atoms with Crippen LogP contribution in [0.15, 0.2) is 24.3 Å². The van der Waals surface area contributed by atoms with Crippen LogP contribution in [0.5, 0.6) is 0 Å². The van der Waals surface area contributed by atoms with Gasteiger partial charge in [-0.15, -0.1) is 24.8 Å². The average molecular weight is 429 g/mol. The van der Waals surface area contributed by atoms with E-state index in [-0.39, 0.29) is 24.8 Å². The standard InChI is InChI=1S/C15H21IN2.2ClH/c16-14-7-2-1-6-13(14)15(12-4-3-5-12)18-10-8-17-9-11-18;;/h1-2,6-7,12,15,17H,3-5,8-11H2;2*1H/t15-;;/m1../s1. The van der Waals surface area contributed by atoms with Crippen molar-refractivity contribution >= 4 is 47.4 Å². The van der Waals surface area contributed by atoms with Gasteiger partial charge in [0, 0.05) is 35.8 Å². The maximum Gasteiger partial charge on any atom is 0.0387 e. The molecule has 1 aliphatic carbocycles. The van der Waals surface area contributed by atoms with Crippen LogP contribution in [0.3, 0.4) is 0 Å². The summed E-state index contributed by atoms with van der Waals surface area (Å²) < 4.78 is 1.44. The quantitative estimate of drug-likeness (QED) is 0.735.